The summed E-state index contributed by atoms with van der Waals surface area (Å²) < 4.78 is 1.50. The van der Waals surface area contributed by atoms with E-state index in [0.717, 1.165) is 0 Å². The molecule has 0 saturated carbocycles. The van der Waals surface area contributed by atoms with Crippen LogP contribution in [0.3, 0.4) is 0 Å². The average Bonchev–Trinajstić information content (AvgIpc) is 2.31. The van der Waals surface area contributed by atoms with E-state index in [-0.39, 0.29) is 12.2 Å². The minimum Gasteiger partial charge on any atom is -0.325 e. The zero-order chi connectivity index (χ0) is 10.1. The number of ketones is 1. The third kappa shape index (κ3) is 2.95. The summed E-state index contributed by atoms with van der Waals surface area (Å²) in [5.41, 5.74) is 5.59. The first-order chi connectivity index (χ1) is 5.88. The molecule has 2 N–H and O–H groups in total. The summed E-state index contributed by atoms with van der Waals surface area (Å²) in [5, 5.41) is 7.38. The predicted molar refractivity (Wildman–Crippen MR) is 48.2 cm³/mol. The summed E-state index contributed by atoms with van der Waals surface area (Å²) in [6.07, 6.45) is 1.87. The van der Waals surface area contributed by atoms with Gasteiger partial charge < -0.3 is 5.73 Å². The molecule has 0 unspecified atom stereocenters. The number of carbonyl (C=O) groups is 1. The number of aromatic nitrogens is 3. The fourth-order valence-corrected chi connectivity index (χ4v) is 0.979. The highest BCUT2D eigenvalue weighted by molar-refractivity contribution is 5.94. The molecule has 1 aromatic heterocycles. The Morgan fingerprint density at radius 2 is 2.31 bits per heavy atom. The standard InChI is InChI=1S/C8H14N4O/c1-8(2,9)4-7(13)6-5-12(3)11-10-6/h5H,4,9H2,1-3H3. The van der Waals surface area contributed by atoms with E-state index < -0.39 is 5.54 Å². The Morgan fingerprint density at radius 1 is 1.69 bits per heavy atom. The molecular weight excluding hydrogens is 168 g/mol. The number of Topliss-reactive ketones (excluding diaryl/α,β-unsaturated/α-hetero) is 1. The second kappa shape index (κ2) is 3.26. The molecule has 1 rings (SSSR count). The fourth-order valence-electron chi connectivity index (χ4n) is 0.979. The van der Waals surface area contributed by atoms with Gasteiger partial charge in [0.15, 0.2) is 5.78 Å². The van der Waals surface area contributed by atoms with Crippen molar-refractivity contribution in [2.24, 2.45) is 12.8 Å². The van der Waals surface area contributed by atoms with Gasteiger partial charge in [0.05, 0.1) is 6.20 Å². The van der Waals surface area contributed by atoms with Crippen LogP contribution in [0.2, 0.25) is 0 Å². The summed E-state index contributed by atoms with van der Waals surface area (Å²) in [5.74, 6) is -0.0689. The second-order valence-electron chi connectivity index (χ2n) is 3.87. The van der Waals surface area contributed by atoms with Gasteiger partial charge in [0, 0.05) is 19.0 Å². The average molecular weight is 182 g/mol. The van der Waals surface area contributed by atoms with Crippen LogP contribution in [0.15, 0.2) is 6.20 Å². The lowest BCUT2D eigenvalue weighted by atomic mass is 9.98. The van der Waals surface area contributed by atoms with Crippen LogP contribution in [0.4, 0.5) is 0 Å². The lowest BCUT2D eigenvalue weighted by molar-refractivity contribution is 0.0955. The number of rotatable bonds is 3. The molecule has 0 aromatic carbocycles. The molecule has 72 valence electrons. The summed E-state index contributed by atoms with van der Waals surface area (Å²) >= 11 is 0. The van der Waals surface area contributed by atoms with Crippen LogP contribution in [0.1, 0.15) is 30.8 Å². The van der Waals surface area contributed by atoms with Crippen LogP contribution in [-0.4, -0.2) is 26.3 Å². The SMILES string of the molecule is Cn1cc(C(=O)CC(C)(C)N)nn1. The zero-order valence-corrected chi connectivity index (χ0v) is 8.11. The molecule has 0 saturated heterocycles. The van der Waals surface area contributed by atoms with E-state index in [1.165, 1.54) is 4.68 Å². The molecular formula is C8H14N4O. The third-order valence-electron chi connectivity index (χ3n) is 1.50. The number of nitrogens with two attached hydrogens (primary N) is 1. The molecule has 0 aliphatic rings. The highest BCUT2D eigenvalue weighted by Gasteiger charge is 2.19. The topological polar surface area (TPSA) is 73.8 Å². The normalized spacial score (nSPS) is 11.7. The largest absolute Gasteiger partial charge is 0.325 e. The molecule has 13 heavy (non-hydrogen) atoms. The van der Waals surface area contributed by atoms with E-state index in [4.69, 9.17) is 5.73 Å². The number of hydrogen-bond donors (Lipinski definition) is 1. The van der Waals surface area contributed by atoms with E-state index in [1.54, 1.807) is 27.1 Å². The first-order valence-electron chi connectivity index (χ1n) is 4.07. The molecule has 0 amide bonds. The molecule has 0 aliphatic carbocycles. The van der Waals surface area contributed by atoms with Gasteiger partial charge in [-0.25, -0.2) is 0 Å². The first-order valence-corrected chi connectivity index (χ1v) is 4.07. The lowest BCUT2D eigenvalue weighted by Gasteiger charge is -2.15. The Kier molecular flexibility index (Phi) is 2.47. The third-order valence-corrected chi connectivity index (χ3v) is 1.50. The molecule has 1 heterocycles. The number of aryl methyl sites for hydroxylation is 1. The van der Waals surface area contributed by atoms with Crippen molar-refractivity contribution in [3.8, 4) is 0 Å². The van der Waals surface area contributed by atoms with E-state index in [1.807, 2.05) is 0 Å². The summed E-state index contributed by atoms with van der Waals surface area (Å²) in [6.45, 7) is 3.61. The molecule has 0 aliphatic heterocycles. The van der Waals surface area contributed by atoms with Gasteiger partial charge in [0.1, 0.15) is 5.69 Å². The van der Waals surface area contributed by atoms with E-state index in [2.05, 4.69) is 10.3 Å². The van der Waals surface area contributed by atoms with Crippen molar-refractivity contribution in [1.29, 1.82) is 0 Å². The highest BCUT2D eigenvalue weighted by Crippen LogP contribution is 2.08. The monoisotopic (exact) mass is 182 g/mol. The smallest absolute Gasteiger partial charge is 0.186 e. The molecule has 0 spiro atoms. The Morgan fingerprint density at radius 3 is 2.69 bits per heavy atom. The van der Waals surface area contributed by atoms with Gasteiger partial charge in [0.2, 0.25) is 0 Å². The lowest BCUT2D eigenvalue weighted by Crippen LogP contribution is -2.34. The van der Waals surface area contributed by atoms with E-state index in [0.29, 0.717) is 5.69 Å². The van der Waals surface area contributed by atoms with Crippen molar-refractivity contribution in [2.75, 3.05) is 0 Å². The van der Waals surface area contributed by atoms with Crippen molar-refractivity contribution in [1.82, 2.24) is 15.0 Å². The van der Waals surface area contributed by atoms with Gasteiger partial charge in [-0.2, -0.15) is 0 Å². The number of hydrogen-bond acceptors (Lipinski definition) is 4. The molecule has 5 heteroatoms. The summed E-state index contributed by atoms with van der Waals surface area (Å²) in [7, 11) is 1.72. The molecule has 0 atom stereocenters. The van der Waals surface area contributed by atoms with Crippen molar-refractivity contribution >= 4 is 5.78 Å². The quantitative estimate of drug-likeness (QED) is 0.674. The first kappa shape index (κ1) is 9.85. The van der Waals surface area contributed by atoms with Crippen molar-refractivity contribution < 1.29 is 4.79 Å². The number of nitrogens with zero attached hydrogens (tertiary/aromatic N) is 3. The molecule has 0 fully saturated rings. The van der Waals surface area contributed by atoms with Gasteiger partial charge in [-0.1, -0.05) is 5.21 Å². The van der Waals surface area contributed by atoms with E-state index in [9.17, 15) is 4.79 Å². The van der Waals surface area contributed by atoms with E-state index >= 15 is 0 Å². The Bertz CT molecular complexity index is 310. The zero-order valence-electron chi connectivity index (χ0n) is 8.11. The van der Waals surface area contributed by atoms with Gasteiger partial charge in [-0.05, 0) is 13.8 Å². The van der Waals surface area contributed by atoms with Crippen LogP contribution < -0.4 is 5.73 Å². The fraction of sp³-hybridized carbons (Fsp3) is 0.625. The Hall–Kier alpha value is -1.23. The number of carbonyl (C=O) groups excluding carboxylic acids is 1. The van der Waals surface area contributed by atoms with Crippen LogP contribution in [-0.2, 0) is 7.05 Å². The van der Waals surface area contributed by atoms with Crippen LogP contribution in [0.5, 0.6) is 0 Å². The minimum absolute atomic E-state index is 0.0689. The van der Waals surface area contributed by atoms with Gasteiger partial charge >= 0.3 is 0 Å². The minimum atomic E-state index is -0.491. The van der Waals surface area contributed by atoms with Crippen molar-refractivity contribution in [3.05, 3.63) is 11.9 Å². The van der Waals surface area contributed by atoms with Crippen LogP contribution in [0.25, 0.3) is 0 Å². The molecule has 1 aromatic rings. The maximum Gasteiger partial charge on any atom is 0.186 e. The molecule has 0 bridgehead atoms. The highest BCUT2D eigenvalue weighted by atomic mass is 16.1. The van der Waals surface area contributed by atoms with Crippen molar-refractivity contribution in [3.63, 3.8) is 0 Å². The Labute approximate surface area is 76.9 Å². The van der Waals surface area contributed by atoms with Crippen molar-refractivity contribution in [2.45, 2.75) is 25.8 Å². The summed E-state index contributed by atoms with van der Waals surface area (Å²) in [6, 6.07) is 0. The van der Waals surface area contributed by atoms with Gasteiger partial charge in [-0.3, -0.25) is 9.48 Å². The summed E-state index contributed by atoms with van der Waals surface area (Å²) in [4.78, 5) is 11.5. The van der Waals surface area contributed by atoms with Crippen LogP contribution >= 0.6 is 0 Å². The maximum absolute atomic E-state index is 11.5. The Balaban J connectivity index is 2.70. The maximum atomic E-state index is 11.5. The van der Waals surface area contributed by atoms with Gasteiger partial charge in [-0.15, -0.1) is 5.10 Å². The molecule has 0 radical (unpaired) electrons. The predicted octanol–water partition coefficient (Wildman–Crippen LogP) is 0.125. The second-order valence-corrected chi connectivity index (χ2v) is 3.87. The molecule has 5 nitrogen and oxygen atoms in total. The van der Waals surface area contributed by atoms with Gasteiger partial charge in [0.25, 0.3) is 0 Å². The van der Waals surface area contributed by atoms with Crippen LogP contribution in [0, 0.1) is 0 Å².